The maximum atomic E-state index is 11.7. The highest BCUT2D eigenvalue weighted by Gasteiger charge is 2.27. The van der Waals surface area contributed by atoms with Gasteiger partial charge in [0.15, 0.2) is 5.82 Å². The Bertz CT molecular complexity index is 300. The SMILES string of the molecule is OCc1nncn1CCOCC(F)(F)F. The third kappa shape index (κ3) is 4.26. The van der Waals surface area contributed by atoms with Crippen LogP contribution in [0.5, 0.6) is 0 Å². The van der Waals surface area contributed by atoms with E-state index in [2.05, 4.69) is 14.9 Å². The van der Waals surface area contributed by atoms with Crippen LogP contribution in [0.25, 0.3) is 0 Å². The molecular formula is C7H10F3N3O2. The highest BCUT2D eigenvalue weighted by atomic mass is 19.4. The third-order valence-electron chi connectivity index (χ3n) is 1.58. The average Bonchev–Trinajstić information content (AvgIpc) is 2.58. The molecule has 0 aliphatic heterocycles. The highest BCUT2D eigenvalue weighted by molar-refractivity contribution is 4.81. The van der Waals surface area contributed by atoms with Crippen LogP contribution in [0.2, 0.25) is 0 Å². The Morgan fingerprint density at radius 1 is 1.47 bits per heavy atom. The topological polar surface area (TPSA) is 60.2 Å². The van der Waals surface area contributed by atoms with E-state index in [1.807, 2.05) is 0 Å². The molecule has 0 saturated carbocycles. The Morgan fingerprint density at radius 3 is 2.80 bits per heavy atom. The third-order valence-corrected chi connectivity index (χ3v) is 1.58. The summed E-state index contributed by atoms with van der Waals surface area (Å²) in [5, 5.41) is 15.8. The van der Waals surface area contributed by atoms with Gasteiger partial charge < -0.3 is 14.4 Å². The van der Waals surface area contributed by atoms with E-state index in [1.54, 1.807) is 0 Å². The van der Waals surface area contributed by atoms with Crippen molar-refractivity contribution in [3.63, 3.8) is 0 Å². The molecule has 0 aliphatic rings. The molecule has 5 nitrogen and oxygen atoms in total. The van der Waals surface area contributed by atoms with Crippen LogP contribution >= 0.6 is 0 Å². The lowest BCUT2D eigenvalue weighted by Crippen LogP contribution is -2.19. The molecule has 15 heavy (non-hydrogen) atoms. The van der Waals surface area contributed by atoms with Crippen molar-refractivity contribution in [1.29, 1.82) is 0 Å². The molecule has 0 bridgehead atoms. The van der Waals surface area contributed by atoms with Gasteiger partial charge in [-0.3, -0.25) is 0 Å². The fraction of sp³-hybridized carbons (Fsp3) is 0.714. The van der Waals surface area contributed by atoms with Gasteiger partial charge in [-0.25, -0.2) is 0 Å². The van der Waals surface area contributed by atoms with E-state index in [0.717, 1.165) is 0 Å². The molecule has 0 amide bonds. The molecule has 0 unspecified atom stereocenters. The van der Waals surface area contributed by atoms with E-state index in [4.69, 9.17) is 5.11 Å². The Morgan fingerprint density at radius 2 is 2.20 bits per heavy atom. The molecule has 86 valence electrons. The van der Waals surface area contributed by atoms with E-state index in [-0.39, 0.29) is 19.8 Å². The predicted molar refractivity (Wildman–Crippen MR) is 42.8 cm³/mol. The molecule has 8 heteroatoms. The Balaban J connectivity index is 2.26. The summed E-state index contributed by atoms with van der Waals surface area (Å²) in [5.41, 5.74) is 0. The Labute approximate surface area is 83.5 Å². The minimum atomic E-state index is -4.31. The second kappa shape index (κ2) is 5.08. The number of aliphatic hydroxyl groups is 1. The van der Waals surface area contributed by atoms with Crippen molar-refractivity contribution in [3.05, 3.63) is 12.2 Å². The van der Waals surface area contributed by atoms with Crippen LogP contribution in [0.1, 0.15) is 5.82 Å². The lowest BCUT2D eigenvalue weighted by Gasteiger charge is -2.08. The van der Waals surface area contributed by atoms with Gasteiger partial charge in [-0.1, -0.05) is 0 Å². The smallest absolute Gasteiger partial charge is 0.388 e. The van der Waals surface area contributed by atoms with Crippen molar-refractivity contribution in [2.45, 2.75) is 19.3 Å². The van der Waals surface area contributed by atoms with E-state index < -0.39 is 12.8 Å². The number of halogens is 3. The van der Waals surface area contributed by atoms with Crippen molar-refractivity contribution >= 4 is 0 Å². The van der Waals surface area contributed by atoms with Crippen molar-refractivity contribution in [2.24, 2.45) is 0 Å². The monoisotopic (exact) mass is 225 g/mol. The zero-order valence-electron chi connectivity index (χ0n) is 7.74. The van der Waals surface area contributed by atoms with Crippen LogP contribution in [-0.2, 0) is 17.9 Å². The van der Waals surface area contributed by atoms with Crippen molar-refractivity contribution < 1.29 is 23.0 Å². The summed E-state index contributed by atoms with van der Waals surface area (Å²) in [6.45, 7) is -1.51. The van der Waals surface area contributed by atoms with Crippen molar-refractivity contribution in [3.8, 4) is 0 Å². The molecule has 0 radical (unpaired) electrons. The standard InChI is InChI=1S/C7H10F3N3O2/c8-7(9,10)4-15-2-1-13-5-11-12-6(13)3-14/h5,14H,1-4H2. The minimum absolute atomic E-state index is 0.107. The zero-order chi connectivity index (χ0) is 11.3. The molecule has 1 rings (SSSR count). The fourth-order valence-electron chi connectivity index (χ4n) is 0.939. The zero-order valence-corrected chi connectivity index (χ0v) is 7.74. The molecule has 0 aliphatic carbocycles. The molecular weight excluding hydrogens is 215 g/mol. The summed E-state index contributed by atoms with van der Waals surface area (Å²) in [6, 6.07) is 0. The second-order valence-electron chi connectivity index (χ2n) is 2.77. The first-order valence-electron chi connectivity index (χ1n) is 4.15. The van der Waals surface area contributed by atoms with Crippen LogP contribution in [0, 0.1) is 0 Å². The second-order valence-corrected chi connectivity index (χ2v) is 2.77. The summed E-state index contributed by atoms with van der Waals surface area (Å²) >= 11 is 0. The van der Waals surface area contributed by atoms with E-state index in [0.29, 0.717) is 5.82 Å². The molecule has 0 saturated heterocycles. The maximum absolute atomic E-state index is 11.7. The van der Waals surface area contributed by atoms with Crippen molar-refractivity contribution in [1.82, 2.24) is 14.8 Å². The number of rotatable bonds is 5. The van der Waals surface area contributed by atoms with Gasteiger partial charge in [0.1, 0.15) is 19.5 Å². The summed E-state index contributed by atoms with van der Waals surface area (Å²) in [5.74, 6) is 0.297. The van der Waals surface area contributed by atoms with Crippen LogP contribution in [0.4, 0.5) is 13.2 Å². The number of hydrogen-bond acceptors (Lipinski definition) is 4. The average molecular weight is 225 g/mol. The Kier molecular flexibility index (Phi) is 4.04. The van der Waals surface area contributed by atoms with Crippen LogP contribution in [0.3, 0.4) is 0 Å². The molecule has 0 spiro atoms. The lowest BCUT2D eigenvalue weighted by atomic mass is 10.6. The molecule has 1 aromatic heterocycles. The molecule has 1 aromatic rings. The molecule has 1 N–H and O–H groups in total. The minimum Gasteiger partial charge on any atom is -0.388 e. The van der Waals surface area contributed by atoms with Gasteiger partial charge in [-0.15, -0.1) is 10.2 Å². The quantitative estimate of drug-likeness (QED) is 0.734. The van der Waals surface area contributed by atoms with Gasteiger partial charge >= 0.3 is 6.18 Å². The van der Waals surface area contributed by atoms with Crippen LogP contribution in [-0.4, -0.2) is 39.3 Å². The predicted octanol–water partition coefficient (Wildman–Crippen LogP) is 0.349. The summed E-state index contributed by atoms with van der Waals surface area (Å²) in [6.07, 6.45) is -2.99. The van der Waals surface area contributed by atoms with Crippen LogP contribution in [0.15, 0.2) is 6.33 Å². The number of ether oxygens (including phenoxy) is 1. The number of alkyl halides is 3. The molecule has 0 fully saturated rings. The van der Waals surface area contributed by atoms with Crippen LogP contribution < -0.4 is 0 Å². The maximum Gasteiger partial charge on any atom is 0.411 e. The van der Waals surface area contributed by atoms with E-state index in [1.165, 1.54) is 10.9 Å². The van der Waals surface area contributed by atoms with Gasteiger partial charge in [-0.2, -0.15) is 13.2 Å². The van der Waals surface area contributed by atoms with Gasteiger partial charge in [0.05, 0.1) is 6.61 Å². The number of aromatic nitrogens is 3. The largest absolute Gasteiger partial charge is 0.411 e. The molecule has 1 heterocycles. The van der Waals surface area contributed by atoms with Gasteiger partial charge in [0.25, 0.3) is 0 Å². The summed E-state index contributed by atoms with van der Waals surface area (Å²) < 4.78 is 40.8. The van der Waals surface area contributed by atoms with Gasteiger partial charge in [0.2, 0.25) is 0 Å². The first kappa shape index (κ1) is 11.9. The number of aliphatic hydroxyl groups excluding tert-OH is 1. The number of nitrogens with zero attached hydrogens (tertiary/aromatic N) is 3. The van der Waals surface area contributed by atoms with E-state index in [9.17, 15) is 13.2 Å². The van der Waals surface area contributed by atoms with Crippen molar-refractivity contribution in [2.75, 3.05) is 13.2 Å². The summed E-state index contributed by atoms with van der Waals surface area (Å²) in [7, 11) is 0. The Hall–Kier alpha value is -1.15. The normalized spacial score (nSPS) is 12.0. The molecule has 0 atom stereocenters. The fourth-order valence-corrected chi connectivity index (χ4v) is 0.939. The highest BCUT2D eigenvalue weighted by Crippen LogP contribution is 2.14. The molecule has 0 aromatic carbocycles. The lowest BCUT2D eigenvalue weighted by molar-refractivity contribution is -0.174. The van der Waals surface area contributed by atoms with Gasteiger partial charge in [0, 0.05) is 6.54 Å². The first-order valence-corrected chi connectivity index (χ1v) is 4.15. The van der Waals surface area contributed by atoms with Gasteiger partial charge in [-0.05, 0) is 0 Å². The summed E-state index contributed by atoms with van der Waals surface area (Å²) in [4.78, 5) is 0. The first-order chi connectivity index (χ1) is 7.03. The van der Waals surface area contributed by atoms with E-state index >= 15 is 0 Å². The number of hydrogen-bond donors (Lipinski definition) is 1.